The van der Waals surface area contributed by atoms with E-state index < -0.39 is 0 Å². The van der Waals surface area contributed by atoms with Crippen LogP contribution in [0.5, 0.6) is 11.6 Å². The standard InChI is InChI=1S/C17H18N2O2/c1-3-21-16-8-5-7-15-14(16)10-11-19(15)12-13-6-4-9-17(18-13)20-2/h4-11H,3,12H2,1-2H3. The Kier molecular flexibility index (Phi) is 3.77. The van der Waals surface area contributed by atoms with E-state index in [4.69, 9.17) is 9.47 Å². The Balaban J connectivity index is 1.95. The molecule has 4 nitrogen and oxygen atoms in total. The Morgan fingerprint density at radius 1 is 1.10 bits per heavy atom. The number of hydrogen-bond acceptors (Lipinski definition) is 3. The van der Waals surface area contributed by atoms with Gasteiger partial charge in [0.05, 0.1) is 31.5 Å². The second kappa shape index (κ2) is 5.87. The second-order valence-corrected chi connectivity index (χ2v) is 4.74. The summed E-state index contributed by atoms with van der Waals surface area (Å²) in [7, 11) is 1.63. The van der Waals surface area contributed by atoms with E-state index in [0.717, 1.165) is 22.3 Å². The van der Waals surface area contributed by atoms with Crippen LogP contribution in [-0.2, 0) is 6.54 Å². The molecule has 0 saturated heterocycles. The third kappa shape index (κ3) is 2.70. The van der Waals surface area contributed by atoms with Gasteiger partial charge in [0.25, 0.3) is 0 Å². The highest BCUT2D eigenvalue weighted by Gasteiger charge is 2.07. The van der Waals surface area contributed by atoms with E-state index >= 15 is 0 Å². The molecule has 0 saturated carbocycles. The van der Waals surface area contributed by atoms with Crippen LogP contribution in [0.3, 0.4) is 0 Å². The molecule has 108 valence electrons. The summed E-state index contributed by atoms with van der Waals surface area (Å²) in [6, 6.07) is 14.0. The zero-order chi connectivity index (χ0) is 14.7. The summed E-state index contributed by atoms with van der Waals surface area (Å²) >= 11 is 0. The van der Waals surface area contributed by atoms with Crippen molar-refractivity contribution < 1.29 is 9.47 Å². The monoisotopic (exact) mass is 282 g/mol. The van der Waals surface area contributed by atoms with E-state index in [2.05, 4.69) is 27.9 Å². The molecule has 1 aromatic carbocycles. The van der Waals surface area contributed by atoms with Crippen molar-refractivity contribution in [3.63, 3.8) is 0 Å². The largest absolute Gasteiger partial charge is 0.493 e. The smallest absolute Gasteiger partial charge is 0.213 e. The average molecular weight is 282 g/mol. The van der Waals surface area contributed by atoms with E-state index in [-0.39, 0.29) is 0 Å². The lowest BCUT2D eigenvalue weighted by Crippen LogP contribution is -2.01. The first-order valence-electron chi connectivity index (χ1n) is 7.02. The fourth-order valence-electron chi connectivity index (χ4n) is 2.45. The molecule has 0 aliphatic carbocycles. The molecular formula is C17H18N2O2. The molecule has 0 amide bonds. The Bertz CT molecular complexity index is 749. The number of hydrogen-bond donors (Lipinski definition) is 0. The highest BCUT2D eigenvalue weighted by atomic mass is 16.5. The van der Waals surface area contributed by atoms with E-state index in [1.165, 1.54) is 0 Å². The van der Waals surface area contributed by atoms with Gasteiger partial charge in [0, 0.05) is 17.6 Å². The van der Waals surface area contributed by atoms with Gasteiger partial charge in [-0.3, -0.25) is 0 Å². The predicted octanol–water partition coefficient (Wildman–Crippen LogP) is 3.49. The first-order valence-corrected chi connectivity index (χ1v) is 7.02. The summed E-state index contributed by atoms with van der Waals surface area (Å²) in [4.78, 5) is 4.46. The molecule has 3 aromatic rings. The molecule has 0 N–H and O–H groups in total. The second-order valence-electron chi connectivity index (χ2n) is 4.74. The summed E-state index contributed by atoms with van der Waals surface area (Å²) in [5, 5.41) is 1.13. The van der Waals surface area contributed by atoms with Crippen LogP contribution in [0.1, 0.15) is 12.6 Å². The van der Waals surface area contributed by atoms with Crippen LogP contribution in [0, 0.1) is 0 Å². The lowest BCUT2D eigenvalue weighted by molar-refractivity contribution is 0.344. The minimum atomic E-state index is 0.638. The normalized spacial score (nSPS) is 10.8. The first kappa shape index (κ1) is 13.5. The number of ether oxygens (including phenoxy) is 2. The van der Waals surface area contributed by atoms with Crippen molar-refractivity contribution in [3.05, 3.63) is 54.4 Å². The van der Waals surface area contributed by atoms with Gasteiger partial charge in [0.15, 0.2) is 0 Å². The summed E-state index contributed by atoms with van der Waals surface area (Å²) < 4.78 is 13.0. The molecule has 0 spiro atoms. The highest BCUT2D eigenvalue weighted by Crippen LogP contribution is 2.27. The fraction of sp³-hybridized carbons (Fsp3) is 0.235. The zero-order valence-corrected chi connectivity index (χ0v) is 12.2. The van der Waals surface area contributed by atoms with Crippen molar-refractivity contribution in [2.45, 2.75) is 13.5 Å². The quantitative estimate of drug-likeness (QED) is 0.718. The van der Waals surface area contributed by atoms with Crippen LogP contribution >= 0.6 is 0 Å². The summed E-state index contributed by atoms with van der Waals surface area (Å²) in [5.74, 6) is 1.56. The Morgan fingerprint density at radius 2 is 1.95 bits per heavy atom. The Morgan fingerprint density at radius 3 is 2.76 bits per heavy atom. The molecule has 3 rings (SSSR count). The third-order valence-corrected chi connectivity index (χ3v) is 3.40. The van der Waals surface area contributed by atoms with Crippen molar-refractivity contribution in [3.8, 4) is 11.6 Å². The van der Waals surface area contributed by atoms with Crippen molar-refractivity contribution in [2.24, 2.45) is 0 Å². The fourth-order valence-corrected chi connectivity index (χ4v) is 2.45. The van der Waals surface area contributed by atoms with E-state index in [1.807, 2.05) is 37.3 Å². The molecular weight excluding hydrogens is 264 g/mol. The highest BCUT2D eigenvalue weighted by molar-refractivity contribution is 5.86. The van der Waals surface area contributed by atoms with Crippen molar-refractivity contribution in [2.75, 3.05) is 13.7 Å². The molecule has 2 aromatic heterocycles. The minimum Gasteiger partial charge on any atom is -0.493 e. The van der Waals surface area contributed by atoms with Crippen molar-refractivity contribution in [1.29, 1.82) is 0 Å². The lowest BCUT2D eigenvalue weighted by Gasteiger charge is -2.08. The number of nitrogens with zero attached hydrogens (tertiary/aromatic N) is 2. The Labute approximate surface area is 123 Å². The molecule has 0 radical (unpaired) electrons. The maximum atomic E-state index is 5.67. The van der Waals surface area contributed by atoms with Crippen LogP contribution in [0.4, 0.5) is 0 Å². The predicted molar refractivity (Wildman–Crippen MR) is 83.0 cm³/mol. The maximum absolute atomic E-state index is 5.67. The zero-order valence-electron chi connectivity index (χ0n) is 12.2. The molecule has 0 atom stereocenters. The number of fused-ring (bicyclic) bond motifs is 1. The van der Waals surface area contributed by atoms with Gasteiger partial charge in [0.2, 0.25) is 5.88 Å². The minimum absolute atomic E-state index is 0.638. The molecule has 21 heavy (non-hydrogen) atoms. The van der Waals surface area contributed by atoms with Crippen LogP contribution in [-0.4, -0.2) is 23.3 Å². The van der Waals surface area contributed by atoms with Gasteiger partial charge in [-0.05, 0) is 31.2 Å². The van der Waals surface area contributed by atoms with Crippen LogP contribution < -0.4 is 9.47 Å². The number of rotatable bonds is 5. The van der Waals surface area contributed by atoms with Crippen LogP contribution in [0.15, 0.2) is 48.7 Å². The van der Waals surface area contributed by atoms with Crippen molar-refractivity contribution in [1.82, 2.24) is 9.55 Å². The van der Waals surface area contributed by atoms with Gasteiger partial charge in [0.1, 0.15) is 5.75 Å². The topological polar surface area (TPSA) is 36.3 Å². The molecule has 0 aliphatic rings. The number of benzene rings is 1. The number of methoxy groups -OCH3 is 1. The maximum Gasteiger partial charge on any atom is 0.213 e. The number of pyridine rings is 1. The van der Waals surface area contributed by atoms with E-state index in [9.17, 15) is 0 Å². The van der Waals surface area contributed by atoms with E-state index in [1.54, 1.807) is 7.11 Å². The van der Waals surface area contributed by atoms with Gasteiger partial charge >= 0.3 is 0 Å². The van der Waals surface area contributed by atoms with Crippen LogP contribution in [0.2, 0.25) is 0 Å². The Hall–Kier alpha value is -2.49. The first-order chi connectivity index (χ1) is 10.3. The van der Waals surface area contributed by atoms with Gasteiger partial charge in [-0.25, -0.2) is 4.98 Å². The molecule has 4 heteroatoms. The molecule has 2 heterocycles. The van der Waals surface area contributed by atoms with E-state index in [0.29, 0.717) is 19.0 Å². The van der Waals surface area contributed by atoms with Crippen molar-refractivity contribution >= 4 is 10.9 Å². The van der Waals surface area contributed by atoms with Gasteiger partial charge in [-0.2, -0.15) is 0 Å². The molecule has 0 fully saturated rings. The van der Waals surface area contributed by atoms with Gasteiger partial charge < -0.3 is 14.0 Å². The van der Waals surface area contributed by atoms with Crippen LogP contribution in [0.25, 0.3) is 10.9 Å². The van der Waals surface area contributed by atoms with Gasteiger partial charge in [-0.15, -0.1) is 0 Å². The molecule has 0 bridgehead atoms. The third-order valence-electron chi connectivity index (χ3n) is 3.40. The summed E-state index contributed by atoms with van der Waals surface area (Å²) in [6.45, 7) is 3.37. The number of aromatic nitrogens is 2. The summed E-state index contributed by atoms with van der Waals surface area (Å²) in [5.41, 5.74) is 2.11. The molecule has 0 unspecified atom stereocenters. The molecule has 0 aliphatic heterocycles. The summed E-state index contributed by atoms with van der Waals surface area (Å²) in [6.07, 6.45) is 2.06. The average Bonchev–Trinajstić information content (AvgIpc) is 2.92. The lowest BCUT2D eigenvalue weighted by atomic mass is 10.2. The van der Waals surface area contributed by atoms with Gasteiger partial charge in [-0.1, -0.05) is 12.1 Å². The SMILES string of the molecule is CCOc1cccc2c1ccn2Cc1cccc(OC)n1.